The highest BCUT2D eigenvalue weighted by Gasteiger charge is 2.30. The molecule has 1 aliphatic rings. The van der Waals surface area contributed by atoms with Gasteiger partial charge in [-0.15, -0.1) is 0 Å². The van der Waals surface area contributed by atoms with Gasteiger partial charge in [0.1, 0.15) is 0 Å². The van der Waals surface area contributed by atoms with Crippen LogP contribution in [-0.4, -0.2) is 43.5 Å². The summed E-state index contributed by atoms with van der Waals surface area (Å²) in [5.41, 5.74) is 0. The van der Waals surface area contributed by atoms with Crippen LogP contribution in [0, 0.1) is 0 Å². The van der Waals surface area contributed by atoms with E-state index in [1.54, 1.807) is 0 Å². The number of hydrogen-bond acceptors (Lipinski definition) is 3. The monoisotopic (exact) mass is 229 g/mol. The van der Waals surface area contributed by atoms with Gasteiger partial charge in [0, 0.05) is 25.8 Å². The van der Waals surface area contributed by atoms with Gasteiger partial charge in [-0.05, 0) is 39.7 Å². The maximum atomic E-state index is 5.61. The van der Waals surface area contributed by atoms with Crippen molar-refractivity contribution in [3.8, 4) is 0 Å². The lowest BCUT2D eigenvalue weighted by Gasteiger charge is -2.27. The van der Waals surface area contributed by atoms with Crippen LogP contribution in [0.2, 0.25) is 0 Å². The second kappa shape index (κ2) is 8.04. The molecule has 1 saturated carbocycles. The molecule has 0 atom stereocenters. The van der Waals surface area contributed by atoms with Crippen LogP contribution >= 0.6 is 0 Å². The summed E-state index contributed by atoms with van der Waals surface area (Å²) in [6, 6.07) is 0.801. The molecule has 1 aliphatic carbocycles. The molecule has 0 unspecified atom stereocenters. The van der Waals surface area contributed by atoms with E-state index in [1.165, 1.54) is 32.2 Å². The number of rotatable bonds is 10. The minimum absolute atomic E-state index is 0.0348. The number of hydrogen-bond donors (Lipinski definition) is 0. The smallest absolute Gasteiger partial charge is 0.170 e. The van der Waals surface area contributed by atoms with Crippen LogP contribution in [0.4, 0.5) is 0 Å². The predicted octanol–water partition coefficient (Wildman–Crippen LogP) is 2.65. The highest BCUT2D eigenvalue weighted by molar-refractivity contribution is 4.84. The molecule has 0 N–H and O–H groups in total. The second-order valence-corrected chi connectivity index (χ2v) is 4.42. The molecule has 0 bridgehead atoms. The molecule has 0 heterocycles. The standard InChI is InChI=1S/C13H27NO2/c1-4-7-10-14(12-8-9-12)11-13(15-5-2)16-6-3/h12-13H,4-11H2,1-3H3. The summed E-state index contributed by atoms with van der Waals surface area (Å²) in [6.45, 7) is 9.89. The van der Waals surface area contributed by atoms with Gasteiger partial charge in [0.2, 0.25) is 0 Å². The van der Waals surface area contributed by atoms with Gasteiger partial charge < -0.3 is 9.47 Å². The van der Waals surface area contributed by atoms with Gasteiger partial charge in [0.05, 0.1) is 0 Å². The maximum absolute atomic E-state index is 5.61. The van der Waals surface area contributed by atoms with Crippen molar-refractivity contribution >= 4 is 0 Å². The summed E-state index contributed by atoms with van der Waals surface area (Å²) in [4.78, 5) is 2.54. The molecular weight excluding hydrogens is 202 g/mol. The van der Waals surface area contributed by atoms with E-state index >= 15 is 0 Å². The van der Waals surface area contributed by atoms with E-state index in [0.717, 1.165) is 25.8 Å². The van der Waals surface area contributed by atoms with Crippen LogP contribution in [0.5, 0.6) is 0 Å². The third kappa shape index (κ3) is 5.28. The summed E-state index contributed by atoms with van der Waals surface area (Å²) in [5, 5.41) is 0. The third-order valence-electron chi connectivity index (χ3n) is 2.95. The molecule has 0 aromatic heterocycles. The number of unbranched alkanes of at least 4 members (excludes halogenated alkanes) is 1. The Balaban J connectivity index is 2.31. The van der Waals surface area contributed by atoms with E-state index in [-0.39, 0.29) is 6.29 Å². The Morgan fingerprint density at radius 3 is 2.19 bits per heavy atom. The average molecular weight is 229 g/mol. The molecule has 0 aliphatic heterocycles. The van der Waals surface area contributed by atoms with Crippen LogP contribution in [0.3, 0.4) is 0 Å². The van der Waals surface area contributed by atoms with Crippen molar-refractivity contribution < 1.29 is 9.47 Å². The Kier molecular flexibility index (Phi) is 7.01. The SMILES string of the molecule is CCCCN(CC(OCC)OCC)C1CC1. The number of ether oxygens (including phenoxy) is 2. The normalized spacial score (nSPS) is 16.3. The van der Waals surface area contributed by atoms with Crippen LogP contribution < -0.4 is 0 Å². The zero-order chi connectivity index (χ0) is 11.8. The highest BCUT2D eigenvalue weighted by atomic mass is 16.7. The zero-order valence-corrected chi connectivity index (χ0v) is 11.1. The largest absolute Gasteiger partial charge is 0.352 e. The third-order valence-corrected chi connectivity index (χ3v) is 2.95. The van der Waals surface area contributed by atoms with Gasteiger partial charge in [-0.1, -0.05) is 13.3 Å². The van der Waals surface area contributed by atoms with Gasteiger partial charge in [0.25, 0.3) is 0 Å². The van der Waals surface area contributed by atoms with Crippen molar-refractivity contribution in [2.75, 3.05) is 26.3 Å². The molecule has 0 aromatic rings. The highest BCUT2D eigenvalue weighted by Crippen LogP contribution is 2.27. The van der Waals surface area contributed by atoms with Gasteiger partial charge in [-0.25, -0.2) is 0 Å². The van der Waals surface area contributed by atoms with E-state index in [9.17, 15) is 0 Å². The lowest BCUT2D eigenvalue weighted by molar-refractivity contribution is -0.148. The van der Waals surface area contributed by atoms with Crippen molar-refractivity contribution in [2.45, 2.75) is 58.8 Å². The van der Waals surface area contributed by atoms with E-state index in [4.69, 9.17) is 9.47 Å². The fourth-order valence-corrected chi connectivity index (χ4v) is 1.94. The molecule has 3 nitrogen and oxygen atoms in total. The van der Waals surface area contributed by atoms with Gasteiger partial charge in [-0.3, -0.25) is 4.90 Å². The Morgan fingerprint density at radius 2 is 1.75 bits per heavy atom. The van der Waals surface area contributed by atoms with E-state index < -0.39 is 0 Å². The maximum Gasteiger partial charge on any atom is 0.170 e. The Labute approximate surface area is 100 Å². The molecule has 1 fully saturated rings. The van der Waals surface area contributed by atoms with Crippen LogP contribution in [0.25, 0.3) is 0 Å². The average Bonchev–Trinajstić information content (AvgIpc) is 3.08. The molecule has 0 spiro atoms. The van der Waals surface area contributed by atoms with Gasteiger partial charge >= 0.3 is 0 Å². The van der Waals surface area contributed by atoms with Crippen LogP contribution in [-0.2, 0) is 9.47 Å². The fourth-order valence-electron chi connectivity index (χ4n) is 1.94. The predicted molar refractivity (Wildman–Crippen MR) is 66.5 cm³/mol. The molecule has 0 amide bonds. The Hall–Kier alpha value is -0.120. The van der Waals surface area contributed by atoms with Crippen LogP contribution in [0.1, 0.15) is 46.5 Å². The first-order chi connectivity index (χ1) is 7.81. The van der Waals surface area contributed by atoms with Crippen molar-refractivity contribution in [1.29, 1.82) is 0 Å². The quantitative estimate of drug-likeness (QED) is 0.538. The molecule has 3 heteroatoms. The Morgan fingerprint density at radius 1 is 1.12 bits per heavy atom. The molecule has 96 valence electrons. The minimum atomic E-state index is -0.0348. The zero-order valence-electron chi connectivity index (χ0n) is 11.1. The second-order valence-electron chi connectivity index (χ2n) is 4.42. The van der Waals surface area contributed by atoms with E-state index in [1.807, 2.05) is 13.8 Å². The van der Waals surface area contributed by atoms with E-state index in [2.05, 4.69) is 11.8 Å². The molecular formula is C13H27NO2. The van der Waals surface area contributed by atoms with E-state index in [0.29, 0.717) is 0 Å². The minimum Gasteiger partial charge on any atom is -0.352 e. The lowest BCUT2D eigenvalue weighted by Crippen LogP contribution is -2.37. The summed E-state index contributed by atoms with van der Waals surface area (Å²) in [7, 11) is 0. The summed E-state index contributed by atoms with van der Waals surface area (Å²) in [5.74, 6) is 0. The molecule has 0 aromatic carbocycles. The summed E-state index contributed by atoms with van der Waals surface area (Å²) >= 11 is 0. The summed E-state index contributed by atoms with van der Waals surface area (Å²) in [6.07, 6.45) is 5.22. The van der Waals surface area contributed by atoms with Crippen molar-refractivity contribution in [1.82, 2.24) is 4.90 Å². The van der Waals surface area contributed by atoms with Crippen molar-refractivity contribution in [3.05, 3.63) is 0 Å². The lowest BCUT2D eigenvalue weighted by atomic mass is 10.3. The van der Waals surface area contributed by atoms with Crippen molar-refractivity contribution in [2.24, 2.45) is 0 Å². The molecule has 1 rings (SSSR count). The molecule has 16 heavy (non-hydrogen) atoms. The number of nitrogens with zero attached hydrogens (tertiary/aromatic N) is 1. The fraction of sp³-hybridized carbons (Fsp3) is 1.00. The Bertz CT molecular complexity index is 165. The summed E-state index contributed by atoms with van der Waals surface area (Å²) < 4.78 is 11.2. The molecule has 0 saturated heterocycles. The van der Waals surface area contributed by atoms with Gasteiger partial charge in [-0.2, -0.15) is 0 Å². The van der Waals surface area contributed by atoms with Crippen molar-refractivity contribution in [3.63, 3.8) is 0 Å². The first-order valence-electron chi connectivity index (χ1n) is 6.79. The topological polar surface area (TPSA) is 21.7 Å². The first-order valence-corrected chi connectivity index (χ1v) is 6.79. The van der Waals surface area contributed by atoms with Gasteiger partial charge in [0.15, 0.2) is 6.29 Å². The van der Waals surface area contributed by atoms with Crippen LogP contribution in [0.15, 0.2) is 0 Å². The molecule has 0 radical (unpaired) electrons. The first kappa shape index (κ1) is 13.9.